The third kappa shape index (κ3) is 5.00. The highest BCUT2D eigenvalue weighted by atomic mass is 32.2. The van der Waals surface area contributed by atoms with E-state index in [1.807, 2.05) is 6.07 Å². The van der Waals surface area contributed by atoms with Gasteiger partial charge in [-0.15, -0.1) is 0 Å². The summed E-state index contributed by atoms with van der Waals surface area (Å²) in [4.78, 5) is 11.4. The lowest BCUT2D eigenvalue weighted by atomic mass is 10.1. The highest BCUT2D eigenvalue weighted by Crippen LogP contribution is 2.28. The number of nitrogens with zero attached hydrogens (tertiary/aromatic N) is 2. The smallest absolute Gasteiger partial charge is 0.357 e. The van der Waals surface area contributed by atoms with Crippen molar-refractivity contribution >= 4 is 44.0 Å². The average molecular weight is 504 g/mol. The predicted molar refractivity (Wildman–Crippen MR) is 121 cm³/mol. The van der Waals surface area contributed by atoms with E-state index in [0.29, 0.717) is 5.56 Å². The van der Waals surface area contributed by atoms with E-state index in [-0.39, 0.29) is 33.1 Å². The van der Waals surface area contributed by atoms with Crippen molar-refractivity contribution in [2.75, 3.05) is 12.8 Å². The van der Waals surface area contributed by atoms with E-state index >= 15 is 0 Å². The minimum Gasteiger partial charge on any atom is -0.464 e. The largest absolute Gasteiger partial charge is 0.464 e. The first-order valence-corrected chi connectivity index (χ1v) is 12.1. The lowest BCUT2D eigenvalue weighted by molar-refractivity contribution is 0.0593. The standard InChI is InChI=1S/C21H17N3O8S2/c1-32-21(25)20-19(23)15(11-22)12-24(20)16-7-6-14(18(10-16)34(29,30)31)5-2-13-3-8-17(9-4-13)33(26,27)28/h2-10,12H,23H2,1H3,(H,26,27,28)(H,29,30,31). The molecule has 0 aliphatic heterocycles. The Kier molecular flexibility index (Phi) is 6.62. The Morgan fingerprint density at radius 3 is 2.24 bits per heavy atom. The molecule has 0 saturated heterocycles. The van der Waals surface area contributed by atoms with Gasteiger partial charge in [-0.05, 0) is 35.4 Å². The van der Waals surface area contributed by atoms with Crippen LogP contribution in [0.1, 0.15) is 27.2 Å². The van der Waals surface area contributed by atoms with Crippen molar-refractivity contribution < 1.29 is 35.5 Å². The zero-order chi connectivity index (χ0) is 25.3. The van der Waals surface area contributed by atoms with Gasteiger partial charge in [-0.2, -0.15) is 22.1 Å². The van der Waals surface area contributed by atoms with E-state index in [0.717, 1.165) is 13.2 Å². The van der Waals surface area contributed by atoms with Gasteiger partial charge in [0.2, 0.25) is 0 Å². The molecular weight excluding hydrogens is 486 g/mol. The molecule has 3 aromatic rings. The number of esters is 1. The molecule has 0 unspecified atom stereocenters. The monoisotopic (exact) mass is 503 g/mol. The fraction of sp³-hybridized carbons (Fsp3) is 0.0476. The van der Waals surface area contributed by atoms with Crippen molar-refractivity contribution in [3.63, 3.8) is 0 Å². The number of carbonyl (C=O) groups excluding carboxylic acids is 1. The molecule has 3 rings (SSSR count). The third-order valence-corrected chi connectivity index (χ3v) is 6.51. The fourth-order valence-electron chi connectivity index (χ4n) is 3.09. The maximum Gasteiger partial charge on any atom is 0.357 e. The number of anilines is 1. The van der Waals surface area contributed by atoms with Gasteiger partial charge < -0.3 is 15.0 Å². The van der Waals surface area contributed by atoms with Crippen LogP contribution in [0.4, 0.5) is 5.69 Å². The molecule has 0 saturated carbocycles. The van der Waals surface area contributed by atoms with Gasteiger partial charge in [0.1, 0.15) is 11.0 Å². The molecule has 176 valence electrons. The van der Waals surface area contributed by atoms with Crippen LogP contribution in [-0.4, -0.2) is 43.6 Å². The lowest BCUT2D eigenvalue weighted by Gasteiger charge is -2.11. The number of aromatic nitrogens is 1. The highest BCUT2D eigenvalue weighted by Gasteiger charge is 2.23. The van der Waals surface area contributed by atoms with Crippen molar-refractivity contribution in [3.8, 4) is 11.8 Å². The molecule has 0 spiro atoms. The molecule has 13 heteroatoms. The number of nitrogen functional groups attached to an aromatic ring is 1. The predicted octanol–water partition coefficient (Wildman–Crippen LogP) is 2.38. The first kappa shape index (κ1) is 24.7. The van der Waals surface area contributed by atoms with Gasteiger partial charge in [-0.1, -0.05) is 30.4 Å². The summed E-state index contributed by atoms with van der Waals surface area (Å²) >= 11 is 0. The Hall–Kier alpha value is -3.96. The average Bonchev–Trinajstić information content (AvgIpc) is 3.12. The summed E-state index contributed by atoms with van der Waals surface area (Å²) in [6.07, 6.45) is 4.05. The Bertz CT molecular complexity index is 1560. The first-order valence-electron chi connectivity index (χ1n) is 9.23. The number of carbonyl (C=O) groups is 1. The molecule has 0 aliphatic carbocycles. The molecule has 0 atom stereocenters. The third-order valence-electron chi connectivity index (χ3n) is 4.73. The molecule has 0 bridgehead atoms. The normalized spacial score (nSPS) is 11.9. The van der Waals surface area contributed by atoms with Crippen molar-refractivity contribution in [3.05, 3.63) is 71.0 Å². The minimum atomic E-state index is -4.73. The van der Waals surface area contributed by atoms with Crippen LogP contribution in [0.2, 0.25) is 0 Å². The minimum absolute atomic E-state index is 0.0360. The molecule has 1 aromatic heterocycles. The zero-order valence-electron chi connectivity index (χ0n) is 17.4. The van der Waals surface area contributed by atoms with Crippen LogP contribution in [0, 0.1) is 11.3 Å². The van der Waals surface area contributed by atoms with Gasteiger partial charge in [0.25, 0.3) is 20.2 Å². The van der Waals surface area contributed by atoms with Gasteiger partial charge in [0.15, 0.2) is 5.69 Å². The number of nitriles is 1. The molecule has 34 heavy (non-hydrogen) atoms. The zero-order valence-corrected chi connectivity index (χ0v) is 19.0. The van der Waals surface area contributed by atoms with Crippen LogP contribution in [-0.2, 0) is 25.0 Å². The van der Waals surface area contributed by atoms with Crippen LogP contribution in [0.5, 0.6) is 0 Å². The molecular formula is C21H17N3O8S2. The Balaban J connectivity index is 2.10. The Labute approximate surface area is 194 Å². The van der Waals surface area contributed by atoms with Crippen molar-refractivity contribution in [2.45, 2.75) is 9.79 Å². The number of benzene rings is 2. The van der Waals surface area contributed by atoms with E-state index in [1.54, 1.807) is 0 Å². The summed E-state index contributed by atoms with van der Waals surface area (Å²) < 4.78 is 71.1. The molecule has 1 heterocycles. The van der Waals surface area contributed by atoms with Crippen LogP contribution >= 0.6 is 0 Å². The van der Waals surface area contributed by atoms with Gasteiger partial charge in [-0.3, -0.25) is 9.11 Å². The number of ether oxygens (including phenoxy) is 1. The van der Waals surface area contributed by atoms with E-state index in [9.17, 15) is 31.4 Å². The number of hydrogen-bond acceptors (Lipinski definition) is 8. The van der Waals surface area contributed by atoms with E-state index < -0.39 is 31.1 Å². The highest BCUT2D eigenvalue weighted by molar-refractivity contribution is 7.86. The molecule has 2 aromatic carbocycles. The van der Waals surface area contributed by atoms with Crippen molar-refractivity contribution in [2.24, 2.45) is 0 Å². The molecule has 0 fully saturated rings. The Morgan fingerprint density at radius 2 is 1.71 bits per heavy atom. The summed E-state index contributed by atoms with van der Waals surface area (Å²) in [5.74, 6) is -0.857. The van der Waals surface area contributed by atoms with Gasteiger partial charge in [-0.25, -0.2) is 4.79 Å². The quantitative estimate of drug-likeness (QED) is 0.256. The number of nitrogens with two attached hydrogens (primary N) is 1. The van der Waals surface area contributed by atoms with Crippen LogP contribution in [0.15, 0.2) is 58.5 Å². The summed E-state index contributed by atoms with van der Waals surface area (Å²) in [7, 11) is -7.97. The lowest BCUT2D eigenvalue weighted by Crippen LogP contribution is -2.12. The molecule has 0 amide bonds. The van der Waals surface area contributed by atoms with Gasteiger partial charge in [0.05, 0.1) is 23.3 Å². The molecule has 11 nitrogen and oxygen atoms in total. The fourth-order valence-corrected chi connectivity index (χ4v) is 4.27. The summed E-state index contributed by atoms with van der Waals surface area (Å²) in [5.41, 5.74) is 6.13. The van der Waals surface area contributed by atoms with E-state index in [4.69, 9.17) is 15.0 Å². The second-order valence-corrected chi connectivity index (χ2v) is 9.66. The second-order valence-electron chi connectivity index (χ2n) is 6.85. The summed E-state index contributed by atoms with van der Waals surface area (Å²) in [6, 6.07) is 10.8. The maximum atomic E-state index is 12.2. The van der Waals surface area contributed by atoms with Crippen LogP contribution in [0.25, 0.3) is 17.8 Å². The number of hydrogen-bond donors (Lipinski definition) is 3. The van der Waals surface area contributed by atoms with Crippen molar-refractivity contribution in [1.82, 2.24) is 4.57 Å². The summed E-state index contributed by atoms with van der Waals surface area (Å²) in [6.45, 7) is 0. The van der Waals surface area contributed by atoms with Gasteiger partial charge in [0, 0.05) is 11.9 Å². The molecule has 4 N–H and O–H groups in total. The van der Waals surface area contributed by atoms with E-state index in [2.05, 4.69) is 0 Å². The SMILES string of the molecule is COC(=O)c1c(N)c(C#N)cn1-c1ccc(C=Cc2ccc(S(=O)(=O)O)cc2)c(S(=O)(=O)O)c1. The Morgan fingerprint density at radius 1 is 1.06 bits per heavy atom. The topological polar surface area (TPSA) is 190 Å². The number of rotatable bonds is 6. The maximum absolute atomic E-state index is 12.2. The van der Waals surface area contributed by atoms with Crippen LogP contribution in [0.3, 0.4) is 0 Å². The molecule has 0 radical (unpaired) electrons. The molecule has 0 aliphatic rings. The summed E-state index contributed by atoms with van der Waals surface area (Å²) in [5, 5.41) is 9.24. The number of methoxy groups -OCH3 is 1. The first-order chi connectivity index (χ1) is 15.9. The van der Waals surface area contributed by atoms with Crippen LogP contribution < -0.4 is 5.73 Å². The van der Waals surface area contributed by atoms with E-state index in [1.165, 1.54) is 59.3 Å². The van der Waals surface area contributed by atoms with Gasteiger partial charge >= 0.3 is 5.97 Å². The second kappa shape index (κ2) is 9.12. The van der Waals surface area contributed by atoms with Crippen molar-refractivity contribution in [1.29, 1.82) is 5.26 Å².